The highest BCUT2D eigenvalue weighted by molar-refractivity contribution is 6.11. The van der Waals surface area contributed by atoms with Crippen LogP contribution < -0.4 is 15.8 Å². The predicted octanol–water partition coefficient (Wildman–Crippen LogP) is 4.79. The first-order valence-corrected chi connectivity index (χ1v) is 9.95. The lowest BCUT2D eigenvalue weighted by molar-refractivity contribution is 0.102. The third kappa shape index (κ3) is 4.33. The fraction of sp³-hybridized carbons (Fsp3) is 0. The van der Waals surface area contributed by atoms with Gasteiger partial charge in [-0.25, -0.2) is 9.37 Å². The first-order chi connectivity index (χ1) is 16.0. The van der Waals surface area contributed by atoms with Gasteiger partial charge >= 0.3 is 0 Å². The Morgan fingerprint density at radius 2 is 1.82 bits per heavy atom. The first kappa shape index (κ1) is 20.1. The number of hydrogen-bond donors (Lipinski definition) is 3. The maximum Gasteiger partial charge on any atom is 0.276 e. The average molecular weight is 440 g/mol. The van der Waals surface area contributed by atoms with Crippen molar-refractivity contribution in [2.75, 3.05) is 11.1 Å². The van der Waals surface area contributed by atoms with Gasteiger partial charge in [-0.15, -0.1) is 0 Å². The van der Waals surface area contributed by atoms with Crippen LogP contribution in [0.1, 0.15) is 10.5 Å². The van der Waals surface area contributed by atoms with E-state index < -0.39 is 5.91 Å². The molecule has 5 aromatic rings. The Hall–Kier alpha value is -4.79. The third-order valence-corrected chi connectivity index (χ3v) is 4.90. The molecule has 3 aromatic heterocycles. The van der Waals surface area contributed by atoms with Crippen molar-refractivity contribution in [3.8, 4) is 22.8 Å². The van der Waals surface area contributed by atoms with Crippen molar-refractivity contribution in [1.82, 2.24) is 20.2 Å². The second-order valence-corrected chi connectivity index (χ2v) is 7.23. The molecule has 2 aromatic carbocycles. The minimum absolute atomic E-state index is 0.246. The molecule has 0 aliphatic rings. The van der Waals surface area contributed by atoms with E-state index in [-0.39, 0.29) is 11.5 Å². The van der Waals surface area contributed by atoms with Gasteiger partial charge < -0.3 is 15.8 Å². The standard InChI is InChI=1S/C24H17FN6O2/c25-16-2-5-19(6-3-16)33-22-8-4-18(13-28-22)29-24(32)23-20-10-14(1-7-21(20)30-31-23)15-9-17(26)12-27-11-15/h1-13H,26H2,(H,29,32)(H,30,31). The maximum atomic E-state index is 13.0. The van der Waals surface area contributed by atoms with Gasteiger partial charge in [0.05, 0.1) is 23.1 Å². The number of pyridine rings is 2. The summed E-state index contributed by atoms with van der Waals surface area (Å²) in [5, 5.41) is 10.5. The molecule has 0 spiro atoms. The van der Waals surface area contributed by atoms with Gasteiger partial charge in [-0.2, -0.15) is 5.10 Å². The number of nitrogens with zero attached hydrogens (tertiary/aromatic N) is 3. The van der Waals surface area contributed by atoms with E-state index in [9.17, 15) is 9.18 Å². The molecule has 0 aliphatic carbocycles. The van der Waals surface area contributed by atoms with Crippen LogP contribution in [-0.4, -0.2) is 26.1 Å². The van der Waals surface area contributed by atoms with Crippen LogP contribution in [0.5, 0.6) is 11.6 Å². The molecule has 0 saturated heterocycles. The van der Waals surface area contributed by atoms with E-state index in [0.29, 0.717) is 28.4 Å². The molecule has 0 saturated carbocycles. The molecule has 0 atom stereocenters. The lowest BCUT2D eigenvalue weighted by atomic mass is 10.0. The van der Waals surface area contributed by atoms with Gasteiger partial charge in [0.25, 0.3) is 5.91 Å². The number of aromatic nitrogens is 4. The molecule has 1 amide bonds. The number of carbonyl (C=O) groups excluding carboxylic acids is 1. The van der Waals surface area contributed by atoms with Crippen LogP contribution in [0.15, 0.2) is 79.3 Å². The van der Waals surface area contributed by atoms with E-state index in [1.807, 2.05) is 24.3 Å². The normalized spacial score (nSPS) is 10.8. The molecule has 33 heavy (non-hydrogen) atoms. The van der Waals surface area contributed by atoms with E-state index in [1.54, 1.807) is 24.5 Å². The van der Waals surface area contributed by atoms with Crippen molar-refractivity contribution in [3.05, 3.63) is 90.8 Å². The first-order valence-electron chi connectivity index (χ1n) is 9.95. The van der Waals surface area contributed by atoms with Crippen LogP contribution in [0.2, 0.25) is 0 Å². The van der Waals surface area contributed by atoms with E-state index in [4.69, 9.17) is 10.5 Å². The number of amides is 1. The highest BCUT2D eigenvalue weighted by atomic mass is 19.1. The number of benzene rings is 2. The van der Waals surface area contributed by atoms with Crippen LogP contribution in [0, 0.1) is 5.82 Å². The summed E-state index contributed by atoms with van der Waals surface area (Å²) in [6.07, 6.45) is 4.75. The number of anilines is 2. The van der Waals surface area contributed by atoms with E-state index >= 15 is 0 Å². The van der Waals surface area contributed by atoms with Gasteiger partial charge in [0.2, 0.25) is 5.88 Å². The van der Waals surface area contributed by atoms with Gasteiger partial charge in [-0.1, -0.05) is 6.07 Å². The molecule has 0 radical (unpaired) electrons. The van der Waals surface area contributed by atoms with Crippen molar-refractivity contribution in [1.29, 1.82) is 0 Å². The molecular formula is C24H17FN6O2. The minimum Gasteiger partial charge on any atom is -0.439 e. The van der Waals surface area contributed by atoms with Crippen molar-refractivity contribution in [3.63, 3.8) is 0 Å². The second kappa shape index (κ2) is 8.39. The summed E-state index contributed by atoms with van der Waals surface area (Å²) in [5.41, 5.74) is 9.53. The minimum atomic E-state index is -0.391. The van der Waals surface area contributed by atoms with Gasteiger partial charge in [-0.3, -0.25) is 14.9 Å². The van der Waals surface area contributed by atoms with Crippen LogP contribution in [0.3, 0.4) is 0 Å². The van der Waals surface area contributed by atoms with Gasteiger partial charge in [0.15, 0.2) is 5.69 Å². The number of ether oxygens (including phenoxy) is 1. The fourth-order valence-electron chi connectivity index (χ4n) is 3.31. The summed E-state index contributed by atoms with van der Waals surface area (Å²) >= 11 is 0. The number of H-pyrrole nitrogens is 1. The molecular weight excluding hydrogens is 423 g/mol. The summed E-state index contributed by atoms with van der Waals surface area (Å²) in [6, 6.07) is 16.3. The Morgan fingerprint density at radius 3 is 2.58 bits per heavy atom. The zero-order valence-electron chi connectivity index (χ0n) is 17.1. The largest absolute Gasteiger partial charge is 0.439 e. The molecule has 4 N–H and O–H groups in total. The van der Waals surface area contributed by atoms with Gasteiger partial charge in [0, 0.05) is 29.4 Å². The highest BCUT2D eigenvalue weighted by Crippen LogP contribution is 2.27. The van der Waals surface area contributed by atoms with Crippen molar-refractivity contribution >= 4 is 28.2 Å². The Bertz CT molecular complexity index is 1450. The maximum absolute atomic E-state index is 13.0. The highest BCUT2D eigenvalue weighted by Gasteiger charge is 2.16. The SMILES string of the molecule is Nc1cncc(-c2ccc3[nH]nc(C(=O)Nc4ccc(Oc5ccc(F)cc5)nc4)c3c2)c1. The van der Waals surface area contributed by atoms with Gasteiger partial charge in [-0.05, 0) is 54.1 Å². The van der Waals surface area contributed by atoms with Crippen molar-refractivity contribution < 1.29 is 13.9 Å². The molecule has 9 heteroatoms. The zero-order chi connectivity index (χ0) is 22.8. The quantitative estimate of drug-likeness (QED) is 0.362. The lowest BCUT2D eigenvalue weighted by Gasteiger charge is -2.07. The summed E-state index contributed by atoms with van der Waals surface area (Å²) < 4.78 is 18.6. The number of carbonyl (C=O) groups is 1. The topological polar surface area (TPSA) is 119 Å². The number of rotatable bonds is 5. The van der Waals surface area contributed by atoms with Gasteiger partial charge in [0.1, 0.15) is 11.6 Å². The molecule has 0 fully saturated rings. The number of nitrogen functional groups attached to an aromatic ring is 1. The number of hydrogen-bond acceptors (Lipinski definition) is 6. The third-order valence-electron chi connectivity index (χ3n) is 4.90. The lowest BCUT2D eigenvalue weighted by Crippen LogP contribution is -2.13. The monoisotopic (exact) mass is 440 g/mol. The van der Waals surface area contributed by atoms with E-state index in [0.717, 1.165) is 16.6 Å². The Labute approximate surface area is 187 Å². The second-order valence-electron chi connectivity index (χ2n) is 7.23. The summed E-state index contributed by atoms with van der Waals surface area (Å²) in [6.45, 7) is 0. The molecule has 5 rings (SSSR count). The molecule has 0 bridgehead atoms. The van der Waals surface area contributed by atoms with Crippen molar-refractivity contribution in [2.45, 2.75) is 0 Å². The van der Waals surface area contributed by atoms with Crippen LogP contribution in [0.4, 0.5) is 15.8 Å². The van der Waals surface area contributed by atoms with Crippen molar-refractivity contribution in [2.24, 2.45) is 0 Å². The van der Waals surface area contributed by atoms with E-state index in [1.165, 1.54) is 30.5 Å². The number of aromatic amines is 1. The molecule has 162 valence electrons. The van der Waals surface area contributed by atoms with Crippen LogP contribution in [0.25, 0.3) is 22.0 Å². The molecule has 0 aliphatic heterocycles. The number of halogens is 1. The molecule has 0 unspecified atom stereocenters. The smallest absolute Gasteiger partial charge is 0.276 e. The molecule has 3 heterocycles. The Balaban J connectivity index is 1.34. The Morgan fingerprint density at radius 1 is 0.970 bits per heavy atom. The molecule has 8 nitrogen and oxygen atoms in total. The summed E-state index contributed by atoms with van der Waals surface area (Å²) in [7, 11) is 0. The average Bonchev–Trinajstić information content (AvgIpc) is 3.25. The number of fused-ring (bicyclic) bond motifs is 1. The fourth-order valence-corrected chi connectivity index (χ4v) is 3.31. The van der Waals surface area contributed by atoms with Crippen LogP contribution in [-0.2, 0) is 0 Å². The zero-order valence-corrected chi connectivity index (χ0v) is 17.1. The summed E-state index contributed by atoms with van der Waals surface area (Å²) in [4.78, 5) is 21.2. The number of nitrogens with one attached hydrogen (secondary N) is 2. The Kier molecular flexibility index (Phi) is 5.12. The predicted molar refractivity (Wildman–Crippen MR) is 122 cm³/mol. The summed E-state index contributed by atoms with van der Waals surface area (Å²) in [5.74, 6) is 0.0223. The number of nitrogens with two attached hydrogens (primary N) is 1. The van der Waals surface area contributed by atoms with Crippen LogP contribution >= 0.6 is 0 Å². The van der Waals surface area contributed by atoms with E-state index in [2.05, 4.69) is 25.5 Å².